The number of rotatable bonds is 13. The van der Waals surface area contributed by atoms with Gasteiger partial charge in [0.15, 0.2) is 0 Å². The fourth-order valence-corrected chi connectivity index (χ4v) is 7.86. The molecule has 0 radical (unpaired) electrons. The molecule has 56 heavy (non-hydrogen) atoms. The fourth-order valence-electron chi connectivity index (χ4n) is 7.86. The van der Waals surface area contributed by atoms with Gasteiger partial charge in [0, 0.05) is 61.8 Å². The summed E-state index contributed by atoms with van der Waals surface area (Å²) in [7, 11) is 1.87. The normalized spacial score (nSPS) is 18.5. The first-order valence-electron chi connectivity index (χ1n) is 18.9. The molecule has 2 aromatic heterocycles. The molecule has 0 bridgehead atoms. The van der Waals surface area contributed by atoms with Crippen LogP contribution < -0.4 is 21.3 Å². The van der Waals surface area contributed by atoms with Crippen LogP contribution in [0.4, 0.5) is 11.4 Å². The molecule has 288 valence electrons. The summed E-state index contributed by atoms with van der Waals surface area (Å²) in [6.45, 7) is 3.51. The zero-order valence-electron chi connectivity index (χ0n) is 30.9. The van der Waals surface area contributed by atoms with Gasteiger partial charge < -0.3 is 20.9 Å². The molecule has 16 nitrogen and oxygen atoms in total. The molecular weight excluding hydrogens is 717 g/mol. The molecule has 0 aliphatic carbocycles. The van der Waals surface area contributed by atoms with Crippen LogP contribution in [-0.2, 0) is 28.0 Å². The van der Waals surface area contributed by atoms with Crippen molar-refractivity contribution in [2.24, 2.45) is 13.0 Å². The van der Waals surface area contributed by atoms with Gasteiger partial charge in [-0.25, -0.2) is 4.98 Å². The van der Waals surface area contributed by atoms with Crippen LogP contribution in [0.15, 0.2) is 60.8 Å². The maximum atomic E-state index is 13.3. The summed E-state index contributed by atoms with van der Waals surface area (Å²) in [6.07, 6.45) is 4.60. The maximum absolute atomic E-state index is 13.3. The minimum atomic E-state index is -1.03. The first kappa shape index (κ1) is 36.6. The van der Waals surface area contributed by atoms with E-state index >= 15 is 0 Å². The maximum Gasteiger partial charge on any atom is 0.264 e. The number of nitrogens with zero attached hydrogens (tertiary/aromatic N) is 5. The van der Waals surface area contributed by atoms with Crippen molar-refractivity contribution in [2.45, 2.75) is 51.1 Å². The topological polar surface area (TPSA) is 204 Å². The van der Waals surface area contributed by atoms with Crippen LogP contribution in [0.1, 0.15) is 75.4 Å². The van der Waals surface area contributed by atoms with Crippen LogP contribution in [0, 0.1) is 5.92 Å². The van der Waals surface area contributed by atoms with Gasteiger partial charge >= 0.3 is 0 Å². The third-order valence-corrected chi connectivity index (χ3v) is 10.8. The summed E-state index contributed by atoms with van der Waals surface area (Å²) >= 11 is 0. The van der Waals surface area contributed by atoms with Crippen molar-refractivity contribution in [3.8, 4) is 0 Å². The van der Waals surface area contributed by atoms with E-state index in [0.717, 1.165) is 58.6 Å². The lowest BCUT2D eigenvalue weighted by atomic mass is 10.0. The molecule has 2 saturated heterocycles. The Labute approximate surface area is 321 Å². The highest BCUT2D eigenvalue weighted by Gasteiger charge is 2.45. The van der Waals surface area contributed by atoms with E-state index in [0.29, 0.717) is 55.3 Å². The van der Waals surface area contributed by atoms with Gasteiger partial charge in [-0.2, -0.15) is 5.10 Å². The van der Waals surface area contributed by atoms with Crippen LogP contribution in [0.25, 0.3) is 21.9 Å². The van der Waals surface area contributed by atoms with Gasteiger partial charge in [-0.05, 0) is 86.7 Å². The summed E-state index contributed by atoms with van der Waals surface area (Å²) in [4.78, 5) is 87.4. The van der Waals surface area contributed by atoms with Crippen molar-refractivity contribution in [1.29, 1.82) is 0 Å². The lowest BCUT2D eigenvalue weighted by molar-refractivity contribution is -0.136. The van der Waals surface area contributed by atoms with Gasteiger partial charge in [0.1, 0.15) is 11.9 Å². The lowest BCUT2D eigenvalue weighted by Gasteiger charge is -2.27. The molecule has 3 aliphatic rings. The molecule has 0 spiro atoms. The average molecular weight is 759 g/mol. The molecule has 3 aliphatic heterocycles. The van der Waals surface area contributed by atoms with Crippen LogP contribution in [-0.4, -0.2) is 97.2 Å². The lowest BCUT2D eigenvalue weighted by Crippen LogP contribution is -2.54. The van der Waals surface area contributed by atoms with Gasteiger partial charge in [-0.15, -0.1) is 0 Å². The van der Waals surface area contributed by atoms with Crippen LogP contribution in [0.2, 0.25) is 0 Å². The Morgan fingerprint density at radius 2 is 1.86 bits per heavy atom. The zero-order chi connectivity index (χ0) is 38.9. The van der Waals surface area contributed by atoms with Gasteiger partial charge in [-0.3, -0.25) is 48.6 Å². The third-order valence-electron chi connectivity index (χ3n) is 10.8. The van der Waals surface area contributed by atoms with Crippen molar-refractivity contribution in [3.63, 3.8) is 0 Å². The molecule has 5 heterocycles. The van der Waals surface area contributed by atoms with E-state index in [-0.39, 0.29) is 35.8 Å². The number of carbonyl (C=O) groups excluding carboxylic acids is 6. The number of likely N-dealkylation sites (tertiary alicyclic amines) is 1. The Morgan fingerprint density at radius 3 is 2.71 bits per heavy atom. The number of imidazole rings is 1. The molecule has 5 aromatic rings. The predicted octanol–water partition coefficient (Wildman–Crippen LogP) is 3.32. The molecular formula is C40H42N10O6. The number of H-pyrrole nitrogens is 1. The first-order chi connectivity index (χ1) is 27.1. The van der Waals surface area contributed by atoms with Crippen LogP contribution in [0.5, 0.6) is 0 Å². The quantitative estimate of drug-likeness (QED) is 0.0876. The number of benzene rings is 3. The number of anilines is 2. The summed E-state index contributed by atoms with van der Waals surface area (Å²) in [6, 6.07) is 15.1. The second-order valence-corrected chi connectivity index (χ2v) is 14.6. The Bertz CT molecular complexity index is 2400. The summed E-state index contributed by atoms with van der Waals surface area (Å²) in [5.41, 5.74) is 4.73. The highest BCUT2D eigenvalue weighted by Crippen LogP contribution is 2.32. The number of aryl methyl sites for hydroxylation is 1. The van der Waals surface area contributed by atoms with Crippen LogP contribution >= 0.6 is 0 Å². The highest BCUT2D eigenvalue weighted by molar-refractivity contribution is 6.25. The van der Waals surface area contributed by atoms with E-state index in [9.17, 15) is 28.8 Å². The number of aromatic amines is 1. The van der Waals surface area contributed by atoms with Crippen LogP contribution in [0.3, 0.4) is 0 Å². The Balaban J connectivity index is 0.750. The van der Waals surface area contributed by atoms with Gasteiger partial charge in [-0.1, -0.05) is 6.07 Å². The van der Waals surface area contributed by atoms with Crippen molar-refractivity contribution < 1.29 is 28.8 Å². The molecule has 0 saturated carbocycles. The van der Waals surface area contributed by atoms with E-state index in [1.807, 2.05) is 37.4 Å². The van der Waals surface area contributed by atoms with E-state index in [2.05, 4.69) is 36.2 Å². The second kappa shape index (κ2) is 15.4. The van der Waals surface area contributed by atoms with E-state index in [4.69, 9.17) is 4.98 Å². The van der Waals surface area contributed by atoms with Gasteiger partial charge in [0.25, 0.3) is 17.7 Å². The highest BCUT2D eigenvalue weighted by atomic mass is 16.2. The number of fused-ring (bicyclic) bond motifs is 3. The number of imide groups is 2. The summed E-state index contributed by atoms with van der Waals surface area (Å²) < 4.78 is 1.77. The number of aromatic nitrogens is 4. The number of amides is 6. The molecule has 3 aromatic carbocycles. The Kier molecular flexibility index (Phi) is 10.0. The SMILES string of the molecule is Cn1ncc2cc(C(=O)Nc3ccc4[nH]c(CN5CCC(CCNC(=O)CCCNc6cccc7c6C(=O)N(C6CCC(=O)NC6=O)C7=O)C5)nc4c3)ccc21. The molecule has 2 atom stereocenters. The molecule has 8 rings (SSSR count). The third kappa shape index (κ3) is 7.47. The molecule has 2 fully saturated rings. The van der Waals surface area contributed by atoms with Crippen molar-refractivity contribution >= 4 is 68.8 Å². The fraction of sp³-hybridized carbons (Fsp3) is 0.350. The second-order valence-electron chi connectivity index (χ2n) is 14.6. The molecule has 2 unspecified atom stereocenters. The van der Waals surface area contributed by atoms with Gasteiger partial charge in [0.2, 0.25) is 17.7 Å². The van der Waals surface area contributed by atoms with Crippen molar-refractivity contribution in [1.82, 2.24) is 40.2 Å². The van der Waals surface area contributed by atoms with E-state index < -0.39 is 29.7 Å². The van der Waals surface area contributed by atoms with Crippen molar-refractivity contribution in [3.05, 3.63) is 83.3 Å². The van der Waals surface area contributed by atoms with E-state index in [1.165, 1.54) is 0 Å². The Hall–Kier alpha value is -6.42. The zero-order valence-corrected chi connectivity index (χ0v) is 30.9. The average Bonchev–Trinajstić information content (AvgIpc) is 3.96. The smallest absolute Gasteiger partial charge is 0.264 e. The minimum Gasteiger partial charge on any atom is -0.384 e. The minimum absolute atomic E-state index is 0.0531. The number of hydrogen-bond donors (Lipinski definition) is 5. The number of hydrogen-bond acceptors (Lipinski definition) is 10. The summed E-state index contributed by atoms with van der Waals surface area (Å²) in [5, 5.41) is 16.5. The predicted molar refractivity (Wildman–Crippen MR) is 207 cm³/mol. The Morgan fingerprint density at radius 1 is 0.982 bits per heavy atom. The number of piperidine rings is 1. The number of carbonyl (C=O) groups is 6. The molecule has 6 amide bonds. The monoisotopic (exact) mass is 758 g/mol. The number of nitrogens with one attached hydrogen (secondary N) is 5. The van der Waals surface area contributed by atoms with Crippen molar-refractivity contribution in [2.75, 3.05) is 36.8 Å². The largest absolute Gasteiger partial charge is 0.384 e. The standard InChI is InChI=1S/C40H42N10O6/c1-48-31-10-7-24(18-25(31)20-43-48)37(53)44-26-8-9-28-30(19-26)46-33(45-28)22-49-17-14-23(21-49)13-16-42-34(51)6-3-15-41-29-5-2-4-27-36(29)40(56)50(39(27)55)32-11-12-35(52)47-38(32)54/h2,4-5,7-10,18-20,23,32,41H,3,6,11-17,21-22H2,1H3,(H,42,51)(H,44,53)(H,45,46)(H,47,52,54). The summed E-state index contributed by atoms with van der Waals surface area (Å²) in [5.74, 6) is -1.15. The first-order valence-corrected chi connectivity index (χ1v) is 18.9. The van der Waals surface area contributed by atoms with Gasteiger partial charge in [0.05, 0.1) is 40.4 Å². The molecule has 16 heteroatoms. The molecule has 5 N–H and O–H groups in total. The van der Waals surface area contributed by atoms with E-state index in [1.54, 1.807) is 35.1 Å².